The molecular weight excluding hydrogens is 398 g/mol. The van der Waals surface area contributed by atoms with Crippen LogP contribution in [-0.2, 0) is 10.3 Å². The highest BCUT2D eigenvalue weighted by molar-refractivity contribution is 5.69. The van der Waals surface area contributed by atoms with Crippen LogP contribution in [0.3, 0.4) is 0 Å². The molecule has 2 aliphatic carbocycles. The number of nitrogens with zero attached hydrogens (tertiary/aromatic N) is 5. The molecule has 31 heavy (non-hydrogen) atoms. The van der Waals surface area contributed by atoms with Gasteiger partial charge in [-0.05, 0) is 59.8 Å². The molecule has 0 aliphatic heterocycles. The van der Waals surface area contributed by atoms with E-state index in [1.165, 1.54) is 7.11 Å². The highest BCUT2D eigenvalue weighted by atomic mass is 16.6. The van der Waals surface area contributed by atoms with Gasteiger partial charge in [-0.15, -0.1) is 0 Å². The maximum atomic E-state index is 12.2. The zero-order chi connectivity index (χ0) is 22.2. The van der Waals surface area contributed by atoms with E-state index in [1.54, 1.807) is 6.20 Å². The molecule has 0 bridgehead atoms. The van der Waals surface area contributed by atoms with E-state index in [0.717, 1.165) is 43.6 Å². The molecule has 0 aromatic carbocycles. The summed E-state index contributed by atoms with van der Waals surface area (Å²) in [5.74, 6) is 1.58. The zero-order valence-electron chi connectivity index (χ0n) is 18.8. The van der Waals surface area contributed by atoms with Crippen LogP contribution < -0.4 is 15.4 Å². The smallest absolute Gasteiger partial charge is 0.407 e. The molecule has 0 radical (unpaired) electrons. The first-order valence-electron chi connectivity index (χ1n) is 10.8. The summed E-state index contributed by atoms with van der Waals surface area (Å²) in [5, 5.41) is 18.9. The number of alkyl carbamates (subject to hydrolysis) is 1. The van der Waals surface area contributed by atoms with Crippen molar-refractivity contribution in [2.75, 3.05) is 12.4 Å². The minimum absolute atomic E-state index is 0.0698. The Kier molecular flexibility index (Phi) is 5.49. The van der Waals surface area contributed by atoms with E-state index in [9.17, 15) is 4.79 Å². The fraction of sp³-hybridized carbons (Fsp3) is 0.667. The van der Waals surface area contributed by atoms with Gasteiger partial charge in [-0.3, -0.25) is 0 Å². The first kappa shape index (κ1) is 21.3. The number of hydrogen-bond acceptors (Lipinski definition) is 8. The number of methoxy groups -OCH3 is 1. The fourth-order valence-corrected chi connectivity index (χ4v) is 3.82. The van der Waals surface area contributed by atoms with Crippen LogP contribution in [0, 0.1) is 0 Å². The Bertz CT molecular complexity index is 949. The van der Waals surface area contributed by atoms with Gasteiger partial charge in [-0.2, -0.15) is 15.2 Å². The van der Waals surface area contributed by atoms with Gasteiger partial charge in [-0.1, -0.05) is 5.10 Å². The lowest BCUT2D eigenvalue weighted by molar-refractivity contribution is 0.0967. The lowest BCUT2D eigenvalue weighted by Crippen LogP contribution is -2.36. The lowest BCUT2D eigenvalue weighted by Gasteiger charge is -2.22. The van der Waals surface area contributed by atoms with Crippen LogP contribution in [0.5, 0.6) is 6.01 Å². The summed E-state index contributed by atoms with van der Waals surface area (Å²) in [6, 6.07) is 2.24. The van der Waals surface area contributed by atoms with Crippen molar-refractivity contribution in [3.63, 3.8) is 0 Å². The van der Waals surface area contributed by atoms with E-state index < -0.39 is 0 Å². The third-order valence-corrected chi connectivity index (χ3v) is 5.82. The van der Waals surface area contributed by atoms with E-state index in [0.29, 0.717) is 5.82 Å². The van der Waals surface area contributed by atoms with Crippen molar-refractivity contribution in [1.29, 1.82) is 0 Å². The lowest BCUT2D eigenvalue weighted by atomic mass is 10.0. The van der Waals surface area contributed by atoms with E-state index in [-0.39, 0.29) is 35.2 Å². The Balaban J connectivity index is 1.46. The van der Waals surface area contributed by atoms with Gasteiger partial charge in [-0.25, -0.2) is 9.48 Å². The molecule has 0 spiro atoms. The van der Waals surface area contributed by atoms with Crippen LogP contribution >= 0.6 is 0 Å². The number of ether oxygens (including phenoxy) is 2. The Morgan fingerprint density at radius 2 is 2.06 bits per heavy atom. The molecular formula is C21H31N7O3. The number of carbonyl (C=O) groups is 1. The fourth-order valence-electron chi connectivity index (χ4n) is 3.82. The molecule has 2 N–H and O–H groups in total. The number of amides is 1. The van der Waals surface area contributed by atoms with Gasteiger partial charge < -0.3 is 20.1 Å². The second-order valence-electron chi connectivity index (χ2n) is 9.71. The summed E-state index contributed by atoms with van der Waals surface area (Å²) < 4.78 is 12.7. The molecule has 2 heterocycles. The van der Waals surface area contributed by atoms with E-state index in [2.05, 4.69) is 46.6 Å². The molecule has 2 aromatic rings. The minimum atomic E-state index is -0.307. The second-order valence-corrected chi connectivity index (χ2v) is 9.71. The van der Waals surface area contributed by atoms with Gasteiger partial charge in [0.15, 0.2) is 5.82 Å². The largest absolute Gasteiger partial charge is 0.466 e. The summed E-state index contributed by atoms with van der Waals surface area (Å²) in [7, 11) is 1.50. The third kappa shape index (κ3) is 5.05. The number of aromatic nitrogens is 5. The van der Waals surface area contributed by atoms with Crippen molar-refractivity contribution < 1.29 is 14.3 Å². The quantitative estimate of drug-likeness (QED) is 0.717. The van der Waals surface area contributed by atoms with Crippen LogP contribution in [0.2, 0.25) is 0 Å². The van der Waals surface area contributed by atoms with Crippen molar-refractivity contribution in [2.45, 2.75) is 82.9 Å². The van der Waals surface area contributed by atoms with Crippen LogP contribution in [0.25, 0.3) is 0 Å². The Labute approximate surface area is 182 Å². The maximum absolute atomic E-state index is 12.2. The molecule has 10 heteroatoms. The molecule has 0 saturated heterocycles. The summed E-state index contributed by atoms with van der Waals surface area (Å²) in [6.07, 6.45) is 5.73. The molecule has 0 unspecified atom stereocenters. The molecule has 2 atom stereocenters. The van der Waals surface area contributed by atoms with Crippen LogP contribution in [-0.4, -0.2) is 49.8 Å². The molecule has 2 aliphatic rings. The van der Waals surface area contributed by atoms with Gasteiger partial charge in [0, 0.05) is 17.5 Å². The predicted molar refractivity (Wildman–Crippen MR) is 115 cm³/mol. The number of anilines is 2. The van der Waals surface area contributed by atoms with Crippen molar-refractivity contribution in [3.8, 4) is 6.01 Å². The highest BCUT2D eigenvalue weighted by Gasteiger charge is 2.40. The standard InChI is InChI=1S/C21H31N7O3/c1-20(2,3)28-17(23-16-12-22-26-18(24-16)30-5)11-15(27-28)13-6-7-14(10-13)31-19(29)25-21(4)8-9-21/h11-14H,6-10H2,1-5H3,(H,25,29)(H,23,24,26)/t13-,14+/m0/s1. The molecule has 1 amide bonds. The molecule has 2 fully saturated rings. The molecule has 2 saturated carbocycles. The van der Waals surface area contributed by atoms with Crippen LogP contribution in [0.4, 0.5) is 16.4 Å². The monoisotopic (exact) mass is 429 g/mol. The van der Waals surface area contributed by atoms with Gasteiger partial charge in [0.1, 0.15) is 11.9 Å². The van der Waals surface area contributed by atoms with Crippen LogP contribution in [0.1, 0.15) is 71.4 Å². The van der Waals surface area contributed by atoms with E-state index >= 15 is 0 Å². The minimum Gasteiger partial charge on any atom is -0.466 e. The van der Waals surface area contributed by atoms with Gasteiger partial charge in [0.05, 0.1) is 24.5 Å². The average Bonchev–Trinajstić information content (AvgIpc) is 3.07. The Hall–Kier alpha value is -2.91. The van der Waals surface area contributed by atoms with E-state index in [4.69, 9.17) is 14.6 Å². The zero-order valence-corrected chi connectivity index (χ0v) is 18.8. The predicted octanol–water partition coefficient (Wildman–Crippen LogP) is 3.49. The third-order valence-electron chi connectivity index (χ3n) is 5.82. The van der Waals surface area contributed by atoms with Gasteiger partial charge in [0.2, 0.25) is 0 Å². The van der Waals surface area contributed by atoms with E-state index in [1.807, 2.05) is 17.7 Å². The molecule has 10 nitrogen and oxygen atoms in total. The SMILES string of the molecule is COc1nncc(Nc2cc([C@H]3CC[C@@H](OC(=O)NC4(C)CC4)C3)nn2C(C)(C)C)n1. The second kappa shape index (κ2) is 7.97. The summed E-state index contributed by atoms with van der Waals surface area (Å²) in [6.45, 7) is 8.33. The number of nitrogens with one attached hydrogen (secondary N) is 2. The highest BCUT2D eigenvalue weighted by Crippen LogP contribution is 2.38. The topological polar surface area (TPSA) is 116 Å². The van der Waals surface area contributed by atoms with Crippen molar-refractivity contribution >= 4 is 17.7 Å². The van der Waals surface area contributed by atoms with Crippen molar-refractivity contribution in [2.24, 2.45) is 0 Å². The first-order valence-corrected chi connectivity index (χ1v) is 10.8. The summed E-state index contributed by atoms with van der Waals surface area (Å²) >= 11 is 0. The van der Waals surface area contributed by atoms with Crippen LogP contribution in [0.15, 0.2) is 12.3 Å². The number of carbonyl (C=O) groups excluding carboxylic acids is 1. The summed E-state index contributed by atoms with van der Waals surface area (Å²) in [4.78, 5) is 16.4. The number of hydrogen-bond donors (Lipinski definition) is 2. The Morgan fingerprint density at radius 3 is 2.74 bits per heavy atom. The first-order chi connectivity index (χ1) is 14.6. The Morgan fingerprint density at radius 1 is 1.29 bits per heavy atom. The van der Waals surface area contributed by atoms with Crippen molar-refractivity contribution in [3.05, 3.63) is 18.0 Å². The molecule has 2 aromatic heterocycles. The van der Waals surface area contributed by atoms with Crippen molar-refractivity contribution in [1.82, 2.24) is 30.3 Å². The average molecular weight is 430 g/mol. The summed E-state index contributed by atoms with van der Waals surface area (Å²) in [5.41, 5.74) is 0.672. The van der Waals surface area contributed by atoms with Gasteiger partial charge >= 0.3 is 12.1 Å². The molecule has 168 valence electrons. The normalized spacial score (nSPS) is 22.1. The molecule has 4 rings (SSSR count). The maximum Gasteiger partial charge on any atom is 0.407 e. The van der Waals surface area contributed by atoms with Gasteiger partial charge in [0.25, 0.3) is 0 Å². The number of rotatable bonds is 6.